The van der Waals surface area contributed by atoms with Crippen molar-refractivity contribution in [1.82, 2.24) is 14.8 Å². The molecule has 2 amide bonds. The molecule has 10 heteroatoms. The summed E-state index contributed by atoms with van der Waals surface area (Å²) in [6.45, 7) is 3.47. The standard InChI is InChI=1S/C28H28ClFN4O3S/c29-23-8-2-1-7-22(23)25-18-24(26-9-4-16-38-26)31-34(25)27(35)19-33(11-10-32-12-14-37-15-13-32)28(36)20-5-3-6-21(30)17-20/h1-9,16-17,25H,10-15,18-19H2/t25-/m1/s1. The number of benzene rings is 2. The summed E-state index contributed by atoms with van der Waals surface area (Å²) < 4.78 is 19.4. The van der Waals surface area contributed by atoms with Gasteiger partial charge in [0.15, 0.2) is 0 Å². The SMILES string of the molecule is O=C(c1cccc(F)c1)N(CCN1CCOCC1)CC(=O)N1N=C(c2cccs2)C[C@@H]1c1ccccc1Cl. The van der Waals surface area contributed by atoms with Gasteiger partial charge in [-0.25, -0.2) is 9.40 Å². The first kappa shape index (κ1) is 26.5. The maximum absolute atomic E-state index is 13.9. The number of hydrogen-bond donors (Lipinski definition) is 0. The largest absolute Gasteiger partial charge is 0.379 e. The normalized spacial score (nSPS) is 17.9. The molecule has 0 unspecified atom stereocenters. The number of nitrogens with zero attached hydrogens (tertiary/aromatic N) is 4. The van der Waals surface area contributed by atoms with E-state index in [2.05, 4.69) is 4.90 Å². The lowest BCUT2D eigenvalue weighted by atomic mass is 10.0. The zero-order chi connectivity index (χ0) is 26.5. The predicted molar refractivity (Wildman–Crippen MR) is 146 cm³/mol. The van der Waals surface area contributed by atoms with Crippen LogP contribution in [0.15, 0.2) is 71.1 Å². The first-order valence-electron chi connectivity index (χ1n) is 12.5. The summed E-state index contributed by atoms with van der Waals surface area (Å²) in [4.78, 5) is 31.9. The highest BCUT2D eigenvalue weighted by Gasteiger charge is 2.36. The zero-order valence-electron chi connectivity index (χ0n) is 20.8. The molecule has 198 valence electrons. The van der Waals surface area contributed by atoms with Crippen molar-refractivity contribution >= 4 is 40.5 Å². The Morgan fingerprint density at radius 2 is 1.92 bits per heavy atom. The molecule has 1 fully saturated rings. The van der Waals surface area contributed by atoms with E-state index in [1.807, 2.05) is 35.7 Å². The maximum Gasteiger partial charge on any atom is 0.262 e. The minimum Gasteiger partial charge on any atom is -0.379 e. The third-order valence-electron chi connectivity index (χ3n) is 6.71. The summed E-state index contributed by atoms with van der Waals surface area (Å²) in [5.41, 5.74) is 1.80. The molecule has 0 N–H and O–H groups in total. The molecule has 0 bridgehead atoms. The van der Waals surface area contributed by atoms with Gasteiger partial charge in [-0.15, -0.1) is 11.3 Å². The molecule has 2 aliphatic rings. The van der Waals surface area contributed by atoms with Crippen molar-refractivity contribution in [3.63, 3.8) is 0 Å². The van der Waals surface area contributed by atoms with Crippen LogP contribution >= 0.6 is 22.9 Å². The number of carbonyl (C=O) groups excluding carboxylic acids is 2. The molecule has 0 radical (unpaired) electrons. The maximum atomic E-state index is 13.9. The van der Waals surface area contributed by atoms with Crippen LogP contribution in [0.25, 0.3) is 0 Å². The van der Waals surface area contributed by atoms with Crippen molar-refractivity contribution in [3.05, 3.63) is 92.9 Å². The number of hydrazone groups is 1. The lowest BCUT2D eigenvalue weighted by Crippen LogP contribution is -2.46. The van der Waals surface area contributed by atoms with E-state index in [4.69, 9.17) is 21.4 Å². The van der Waals surface area contributed by atoms with Gasteiger partial charge in [-0.2, -0.15) is 5.10 Å². The Labute approximate surface area is 230 Å². The van der Waals surface area contributed by atoms with Crippen molar-refractivity contribution < 1.29 is 18.7 Å². The van der Waals surface area contributed by atoms with Crippen LogP contribution in [-0.4, -0.2) is 78.3 Å². The van der Waals surface area contributed by atoms with Crippen LogP contribution in [0, 0.1) is 5.82 Å². The quantitative estimate of drug-likeness (QED) is 0.405. The lowest BCUT2D eigenvalue weighted by molar-refractivity contribution is -0.133. The molecule has 2 aromatic carbocycles. The van der Waals surface area contributed by atoms with Gasteiger partial charge in [0.2, 0.25) is 0 Å². The molecule has 1 atom stereocenters. The van der Waals surface area contributed by atoms with Crippen molar-refractivity contribution in [2.24, 2.45) is 5.10 Å². The van der Waals surface area contributed by atoms with Gasteiger partial charge in [0.1, 0.15) is 12.4 Å². The highest BCUT2D eigenvalue weighted by Crippen LogP contribution is 2.37. The monoisotopic (exact) mass is 554 g/mol. The fraction of sp³-hybridized carbons (Fsp3) is 0.321. The van der Waals surface area contributed by atoms with E-state index in [0.29, 0.717) is 37.7 Å². The Balaban J connectivity index is 1.40. The molecule has 0 saturated carbocycles. The van der Waals surface area contributed by atoms with Gasteiger partial charge in [-0.1, -0.05) is 41.9 Å². The minimum atomic E-state index is -0.501. The fourth-order valence-electron chi connectivity index (χ4n) is 4.70. The molecule has 3 aromatic rings. The molecule has 38 heavy (non-hydrogen) atoms. The first-order valence-corrected chi connectivity index (χ1v) is 13.8. The Morgan fingerprint density at radius 1 is 1.11 bits per heavy atom. The second-order valence-corrected chi connectivity index (χ2v) is 10.5. The number of carbonyl (C=O) groups is 2. The van der Waals surface area contributed by atoms with Gasteiger partial charge in [0.05, 0.1) is 29.8 Å². The number of rotatable bonds is 8. The third-order valence-corrected chi connectivity index (χ3v) is 7.97. The van der Waals surface area contributed by atoms with E-state index >= 15 is 0 Å². The van der Waals surface area contributed by atoms with Gasteiger partial charge in [-0.05, 0) is 41.3 Å². The summed E-state index contributed by atoms with van der Waals surface area (Å²) in [6.07, 6.45) is 0.515. The van der Waals surface area contributed by atoms with Crippen LogP contribution in [0.1, 0.15) is 33.3 Å². The summed E-state index contributed by atoms with van der Waals surface area (Å²) in [5.74, 6) is -1.23. The van der Waals surface area contributed by atoms with Crippen LogP contribution < -0.4 is 0 Å². The van der Waals surface area contributed by atoms with E-state index in [1.54, 1.807) is 23.5 Å². The van der Waals surface area contributed by atoms with E-state index in [-0.39, 0.29) is 18.0 Å². The first-order chi connectivity index (χ1) is 18.5. The topological polar surface area (TPSA) is 65.5 Å². The second kappa shape index (κ2) is 12.2. The van der Waals surface area contributed by atoms with Crippen LogP contribution in [0.2, 0.25) is 5.02 Å². The minimum absolute atomic E-state index is 0.193. The predicted octanol–water partition coefficient (Wildman–Crippen LogP) is 4.69. The number of morpholine rings is 1. The number of halogens is 2. The number of hydrogen-bond acceptors (Lipinski definition) is 6. The third kappa shape index (κ3) is 6.13. The van der Waals surface area contributed by atoms with Crippen molar-refractivity contribution in [1.29, 1.82) is 0 Å². The molecule has 1 saturated heterocycles. The molecule has 3 heterocycles. The van der Waals surface area contributed by atoms with Crippen molar-refractivity contribution in [2.75, 3.05) is 45.9 Å². The van der Waals surface area contributed by atoms with E-state index in [0.717, 1.165) is 29.2 Å². The van der Waals surface area contributed by atoms with Gasteiger partial charge >= 0.3 is 0 Å². The zero-order valence-corrected chi connectivity index (χ0v) is 22.3. The van der Waals surface area contributed by atoms with Crippen LogP contribution in [0.3, 0.4) is 0 Å². The average molecular weight is 555 g/mol. The van der Waals surface area contributed by atoms with Gasteiger partial charge in [0, 0.05) is 43.2 Å². The lowest BCUT2D eigenvalue weighted by Gasteiger charge is -2.31. The molecule has 2 aliphatic heterocycles. The highest BCUT2D eigenvalue weighted by atomic mass is 35.5. The number of thiophene rings is 1. The Morgan fingerprint density at radius 3 is 2.66 bits per heavy atom. The van der Waals surface area contributed by atoms with E-state index in [1.165, 1.54) is 28.1 Å². The smallest absolute Gasteiger partial charge is 0.262 e. The highest BCUT2D eigenvalue weighted by molar-refractivity contribution is 7.12. The van der Waals surface area contributed by atoms with Crippen LogP contribution in [-0.2, 0) is 9.53 Å². The van der Waals surface area contributed by atoms with E-state index in [9.17, 15) is 14.0 Å². The van der Waals surface area contributed by atoms with E-state index < -0.39 is 17.8 Å². The summed E-state index contributed by atoms with van der Waals surface area (Å²) in [7, 11) is 0. The summed E-state index contributed by atoms with van der Waals surface area (Å²) in [5, 5.41) is 8.68. The average Bonchev–Trinajstić information content (AvgIpc) is 3.62. The van der Waals surface area contributed by atoms with Crippen molar-refractivity contribution in [3.8, 4) is 0 Å². The van der Waals surface area contributed by atoms with Gasteiger partial charge in [-0.3, -0.25) is 14.5 Å². The summed E-state index contributed by atoms with van der Waals surface area (Å²) >= 11 is 8.09. The molecule has 1 aromatic heterocycles. The summed E-state index contributed by atoms with van der Waals surface area (Å²) in [6, 6.07) is 16.5. The Bertz CT molecular complexity index is 1310. The molecule has 0 spiro atoms. The second-order valence-electron chi connectivity index (χ2n) is 9.19. The molecule has 7 nitrogen and oxygen atoms in total. The molecule has 0 aliphatic carbocycles. The number of amides is 2. The molecular formula is C28H28ClFN4O3S. The Kier molecular flexibility index (Phi) is 8.48. The number of ether oxygens (including phenoxy) is 1. The van der Waals surface area contributed by atoms with Gasteiger partial charge < -0.3 is 9.64 Å². The fourth-order valence-corrected chi connectivity index (χ4v) is 5.68. The Hall–Kier alpha value is -3.11. The van der Waals surface area contributed by atoms with Crippen LogP contribution in [0.4, 0.5) is 4.39 Å². The van der Waals surface area contributed by atoms with Crippen molar-refractivity contribution in [2.45, 2.75) is 12.5 Å². The van der Waals surface area contributed by atoms with Crippen LogP contribution in [0.5, 0.6) is 0 Å². The molecule has 5 rings (SSSR count). The molecular weight excluding hydrogens is 527 g/mol. The van der Waals surface area contributed by atoms with Gasteiger partial charge in [0.25, 0.3) is 11.8 Å².